The zero-order chi connectivity index (χ0) is 35.1. The SMILES string of the molecule is CC(CN1C(=O)CNC(=O)c2cc(CCCCCN=C(N)N)ccc21)(c1ccccc1)[C@@]1(C(=O)OCc2ccccc2)NC1(C=O)CC=O. The van der Waals surface area contributed by atoms with Crippen molar-refractivity contribution in [2.75, 3.05) is 24.5 Å². The molecule has 3 aromatic rings. The van der Waals surface area contributed by atoms with Crippen LogP contribution < -0.4 is 27.0 Å². The van der Waals surface area contributed by atoms with Crippen molar-refractivity contribution in [2.24, 2.45) is 16.5 Å². The molecule has 1 fully saturated rings. The number of anilines is 1. The summed E-state index contributed by atoms with van der Waals surface area (Å²) in [4.78, 5) is 71.8. The molecule has 49 heavy (non-hydrogen) atoms. The van der Waals surface area contributed by atoms with Crippen LogP contribution in [0.25, 0.3) is 0 Å². The van der Waals surface area contributed by atoms with E-state index >= 15 is 0 Å². The highest BCUT2D eigenvalue weighted by molar-refractivity contribution is 6.10. The van der Waals surface area contributed by atoms with E-state index in [0.717, 1.165) is 30.4 Å². The van der Waals surface area contributed by atoms with Gasteiger partial charge in [0, 0.05) is 24.9 Å². The van der Waals surface area contributed by atoms with E-state index in [4.69, 9.17) is 16.2 Å². The highest BCUT2D eigenvalue weighted by atomic mass is 16.5. The standard InChI is InChI=1S/C37H42N6O6/c1-35(28-14-8-3-9-15-28,37(36(25-45,42-37)18-20-44)33(48)49-23-27-12-5-2-6-13-27)24-43-30-17-16-26(11-7-4-10-19-40-34(38)39)21-29(30)32(47)41-22-31(43)46/h2-3,5-6,8-9,12-17,20-21,25,42H,4,7,10-11,18-19,22-24H2,1H3,(H,41,47)(H4,38,39,40)/t35?,36?,37-/m1/s1. The van der Waals surface area contributed by atoms with Gasteiger partial charge in [0.05, 0.1) is 17.8 Å². The maximum absolute atomic E-state index is 14.4. The summed E-state index contributed by atoms with van der Waals surface area (Å²) in [6.45, 7) is 1.86. The number of carbonyl (C=O) groups is 5. The molecule has 0 bridgehead atoms. The number of unbranched alkanes of at least 4 members (excludes halogenated alkanes) is 2. The summed E-state index contributed by atoms with van der Waals surface area (Å²) in [6.07, 6.45) is 4.13. The van der Waals surface area contributed by atoms with Crippen molar-refractivity contribution in [1.29, 1.82) is 0 Å². The van der Waals surface area contributed by atoms with Crippen LogP contribution in [0, 0.1) is 0 Å². The number of aliphatic imine (C=N–C) groups is 1. The average molecular weight is 667 g/mol. The molecule has 0 spiro atoms. The van der Waals surface area contributed by atoms with Crippen LogP contribution >= 0.6 is 0 Å². The fourth-order valence-electron chi connectivity index (χ4n) is 6.91. The number of esters is 1. The number of nitrogens with one attached hydrogen (secondary N) is 2. The highest BCUT2D eigenvalue weighted by Gasteiger charge is 2.80. The first kappa shape index (κ1) is 35.0. The zero-order valence-electron chi connectivity index (χ0n) is 27.5. The zero-order valence-corrected chi connectivity index (χ0v) is 27.5. The number of nitrogens with zero attached hydrogens (tertiary/aromatic N) is 2. The topological polar surface area (TPSA) is 196 Å². The minimum Gasteiger partial charge on any atom is -0.459 e. The Morgan fingerprint density at radius 3 is 2.37 bits per heavy atom. The molecule has 2 heterocycles. The monoisotopic (exact) mass is 666 g/mol. The lowest BCUT2D eigenvalue weighted by molar-refractivity contribution is -0.151. The number of fused-ring (bicyclic) bond motifs is 1. The van der Waals surface area contributed by atoms with Crippen LogP contribution in [0.3, 0.4) is 0 Å². The molecule has 3 atom stereocenters. The molecule has 2 unspecified atom stereocenters. The third-order valence-electron chi connectivity index (χ3n) is 9.57. The first-order valence-corrected chi connectivity index (χ1v) is 16.3. The lowest BCUT2D eigenvalue weighted by Gasteiger charge is -2.41. The maximum atomic E-state index is 14.4. The molecule has 2 aliphatic rings. The molecular weight excluding hydrogens is 624 g/mol. The first-order chi connectivity index (χ1) is 23.6. The van der Waals surface area contributed by atoms with Crippen molar-refractivity contribution in [2.45, 2.75) is 62.1 Å². The summed E-state index contributed by atoms with van der Waals surface area (Å²) in [5.74, 6) is -1.47. The number of ether oxygens (including phenoxy) is 1. The van der Waals surface area contributed by atoms with E-state index < -0.39 is 34.3 Å². The van der Waals surface area contributed by atoms with Crippen LogP contribution in [0.2, 0.25) is 0 Å². The number of rotatable bonds is 16. The molecular formula is C37H42N6O6. The molecule has 2 amide bonds. The first-order valence-electron chi connectivity index (χ1n) is 16.3. The molecule has 12 heteroatoms. The molecule has 0 saturated carbocycles. The van der Waals surface area contributed by atoms with Gasteiger partial charge in [0.15, 0.2) is 11.5 Å². The van der Waals surface area contributed by atoms with Gasteiger partial charge in [-0.1, -0.05) is 80.1 Å². The lowest BCUT2D eigenvalue weighted by atomic mass is 9.65. The summed E-state index contributed by atoms with van der Waals surface area (Å²) < 4.78 is 5.88. The van der Waals surface area contributed by atoms with Gasteiger partial charge < -0.3 is 36.0 Å². The van der Waals surface area contributed by atoms with Gasteiger partial charge in [-0.25, -0.2) is 4.79 Å². The third kappa shape index (κ3) is 6.95. The summed E-state index contributed by atoms with van der Waals surface area (Å²) in [6, 6.07) is 23.6. The lowest BCUT2D eigenvalue weighted by Crippen LogP contribution is -2.59. The molecule has 0 radical (unpaired) electrons. The molecule has 0 aliphatic carbocycles. The van der Waals surface area contributed by atoms with E-state index in [0.29, 0.717) is 42.4 Å². The van der Waals surface area contributed by atoms with Crippen LogP contribution in [0.1, 0.15) is 59.7 Å². The van der Waals surface area contributed by atoms with Crippen LogP contribution in [0.15, 0.2) is 83.9 Å². The number of benzene rings is 3. The maximum Gasteiger partial charge on any atom is 0.330 e. The number of amides is 2. The van der Waals surface area contributed by atoms with E-state index in [1.54, 1.807) is 31.2 Å². The van der Waals surface area contributed by atoms with Gasteiger partial charge in [-0.15, -0.1) is 0 Å². The molecule has 6 N–H and O–H groups in total. The fourth-order valence-corrected chi connectivity index (χ4v) is 6.91. The van der Waals surface area contributed by atoms with E-state index in [1.165, 1.54) is 4.90 Å². The normalized spacial score (nSPS) is 21.0. The predicted octanol–water partition coefficient (Wildman–Crippen LogP) is 2.32. The number of nitrogens with two attached hydrogens (primary N) is 2. The second-order valence-electron chi connectivity index (χ2n) is 12.7. The van der Waals surface area contributed by atoms with Crippen molar-refractivity contribution in [3.8, 4) is 0 Å². The molecule has 3 aromatic carbocycles. The van der Waals surface area contributed by atoms with Crippen molar-refractivity contribution < 1.29 is 28.7 Å². The number of carbonyl (C=O) groups excluding carboxylic acids is 5. The summed E-state index contributed by atoms with van der Waals surface area (Å²) in [5, 5.41) is 5.82. The number of hydrogen-bond donors (Lipinski definition) is 4. The van der Waals surface area contributed by atoms with Crippen molar-refractivity contribution in [1.82, 2.24) is 10.6 Å². The van der Waals surface area contributed by atoms with E-state index in [1.807, 2.05) is 54.6 Å². The molecule has 256 valence electrons. The molecule has 2 aliphatic heterocycles. The van der Waals surface area contributed by atoms with Gasteiger partial charge in [-0.2, -0.15) is 0 Å². The predicted molar refractivity (Wildman–Crippen MR) is 185 cm³/mol. The highest BCUT2D eigenvalue weighted by Crippen LogP contribution is 2.55. The summed E-state index contributed by atoms with van der Waals surface area (Å²) >= 11 is 0. The number of hydrogen-bond acceptors (Lipinski definition) is 8. The Bertz CT molecular complexity index is 1730. The molecule has 1 saturated heterocycles. The minimum atomic E-state index is -1.73. The number of aldehydes is 2. The fraction of sp³-hybridized carbons (Fsp3) is 0.351. The van der Waals surface area contributed by atoms with Crippen molar-refractivity contribution >= 4 is 42.0 Å². The Hall–Kier alpha value is -5.36. The Kier molecular flexibility index (Phi) is 10.6. The quantitative estimate of drug-likeness (QED) is 0.0443. The smallest absolute Gasteiger partial charge is 0.330 e. The summed E-state index contributed by atoms with van der Waals surface area (Å²) in [5.41, 5.74) is 9.12. The van der Waals surface area contributed by atoms with Gasteiger partial charge in [-0.3, -0.25) is 19.9 Å². The summed E-state index contributed by atoms with van der Waals surface area (Å²) in [7, 11) is 0. The van der Waals surface area contributed by atoms with Crippen molar-refractivity contribution in [3.63, 3.8) is 0 Å². The van der Waals surface area contributed by atoms with E-state index in [9.17, 15) is 24.0 Å². The molecule has 12 nitrogen and oxygen atoms in total. The van der Waals surface area contributed by atoms with Crippen LogP contribution in [-0.2, 0) is 42.4 Å². The van der Waals surface area contributed by atoms with Crippen molar-refractivity contribution in [3.05, 3.63) is 101 Å². The largest absolute Gasteiger partial charge is 0.459 e. The van der Waals surface area contributed by atoms with Crippen LogP contribution in [0.4, 0.5) is 5.69 Å². The molecule has 5 rings (SSSR count). The molecule has 0 aromatic heterocycles. The second kappa shape index (κ2) is 14.8. The van der Waals surface area contributed by atoms with Gasteiger partial charge >= 0.3 is 5.97 Å². The van der Waals surface area contributed by atoms with E-state index in [-0.39, 0.29) is 32.1 Å². The Balaban J connectivity index is 1.52. The van der Waals surface area contributed by atoms with Crippen LogP contribution in [-0.4, -0.2) is 67.0 Å². The average Bonchev–Trinajstić information content (AvgIpc) is 3.82. The number of aryl methyl sites for hydroxylation is 1. The van der Waals surface area contributed by atoms with Gasteiger partial charge in [0.25, 0.3) is 5.91 Å². The Labute approximate surface area is 285 Å². The number of guanidine groups is 1. The minimum absolute atomic E-state index is 0.0623. The van der Waals surface area contributed by atoms with Gasteiger partial charge in [0.1, 0.15) is 24.7 Å². The van der Waals surface area contributed by atoms with Gasteiger partial charge in [-0.05, 0) is 48.1 Å². The third-order valence-corrected chi connectivity index (χ3v) is 9.57. The van der Waals surface area contributed by atoms with Gasteiger partial charge in [0.2, 0.25) is 5.91 Å². The van der Waals surface area contributed by atoms with Crippen LogP contribution in [0.5, 0.6) is 0 Å². The second-order valence-corrected chi connectivity index (χ2v) is 12.7. The Morgan fingerprint density at radius 1 is 0.980 bits per heavy atom. The Morgan fingerprint density at radius 2 is 1.69 bits per heavy atom. The van der Waals surface area contributed by atoms with E-state index in [2.05, 4.69) is 15.6 Å².